The van der Waals surface area contributed by atoms with Crippen molar-refractivity contribution in [1.82, 2.24) is 4.90 Å². The van der Waals surface area contributed by atoms with Gasteiger partial charge in [0.25, 0.3) is 0 Å². The summed E-state index contributed by atoms with van der Waals surface area (Å²) in [5.74, 6) is 0. The van der Waals surface area contributed by atoms with Crippen LogP contribution in [-0.2, 0) is 11.3 Å². The van der Waals surface area contributed by atoms with Crippen LogP contribution in [0, 0.1) is 0 Å². The fraction of sp³-hybridized carbons (Fsp3) is 0.455. The summed E-state index contributed by atoms with van der Waals surface area (Å²) in [5.41, 5.74) is 1.10. The molecule has 1 fully saturated rings. The molecule has 2 rings (SSSR count). The average Bonchev–Trinajstić information content (AvgIpc) is 2.31. The molecule has 0 aromatic heterocycles. The summed E-state index contributed by atoms with van der Waals surface area (Å²) in [6.07, 6.45) is 0. The van der Waals surface area contributed by atoms with E-state index in [4.69, 9.17) is 27.9 Å². The van der Waals surface area contributed by atoms with Gasteiger partial charge in [0.2, 0.25) is 0 Å². The number of rotatable bonds is 2. The van der Waals surface area contributed by atoms with E-state index in [1.165, 1.54) is 0 Å². The van der Waals surface area contributed by atoms with Gasteiger partial charge in [-0.05, 0) is 27.6 Å². The maximum absolute atomic E-state index is 6.23. The molecule has 1 aliphatic rings. The molecule has 0 spiro atoms. The molecule has 2 nitrogen and oxygen atoms in total. The molecule has 0 N–H and O–H groups in total. The first-order chi connectivity index (χ1) is 7.68. The first kappa shape index (κ1) is 12.7. The second-order valence-corrected chi connectivity index (χ2v) is 5.30. The van der Waals surface area contributed by atoms with Gasteiger partial charge in [-0.15, -0.1) is 0 Å². The maximum atomic E-state index is 6.23. The summed E-state index contributed by atoms with van der Waals surface area (Å²) in [5, 5.41) is 1.36. The standard InChI is InChI=1S/C11H12BrCl2NO/c12-10-9(13)2-1-8(11(10)14)7-15-3-5-16-6-4-15/h1-2H,3-7H2. The Bertz CT molecular complexity index is 380. The van der Waals surface area contributed by atoms with Gasteiger partial charge in [0.05, 0.1) is 27.7 Å². The van der Waals surface area contributed by atoms with Gasteiger partial charge in [-0.2, -0.15) is 0 Å². The van der Waals surface area contributed by atoms with Crippen LogP contribution in [0.3, 0.4) is 0 Å². The fourth-order valence-corrected chi connectivity index (χ4v) is 2.51. The van der Waals surface area contributed by atoms with Gasteiger partial charge >= 0.3 is 0 Å². The van der Waals surface area contributed by atoms with Crippen molar-refractivity contribution in [1.29, 1.82) is 0 Å². The number of hydrogen-bond donors (Lipinski definition) is 0. The predicted octanol–water partition coefficient (Wildman–Crippen LogP) is 3.59. The number of morpholine rings is 1. The quantitative estimate of drug-likeness (QED) is 0.771. The minimum Gasteiger partial charge on any atom is -0.379 e. The molecule has 0 radical (unpaired) electrons. The molecular weight excluding hydrogens is 313 g/mol. The monoisotopic (exact) mass is 323 g/mol. The lowest BCUT2D eigenvalue weighted by molar-refractivity contribution is 0.0342. The molecule has 1 aliphatic heterocycles. The first-order valence-electron chi connectivity index (χ1n) is 5.11. The summed E-state index contributed by atoms with van der Waals surface area (Å²) in [7, 11) is 0. The first-order valence-corrected chi connectivity index (χ1v) is 6.66. The van der Waals surface area contributed by atoms with Gasteiger partial charge in [0.1, 0.15) is 0 Å². The smallest absolute Gasteiger partial charge is 0.0608 e. The highest BCUT2D eigenvalue weighted by atomic mass is 79.9. The van der Waals surface area contributed by atoms with Crippen LogP contribution in [0.1, 0.15) is 5.56 Å². The molecule has 0 aliphatic carbocycles. The third kappa shape index (κ3) is 2.90. The van der Waals surface area contributed by atoms with E-state index in [0.717, 1.165) is 42.9 Å². The molecule has 0 unspecified atom stereocenters. The molecule has 88 valence electrons. The van der Waals surface area contributed by atoms with E-state index >= 15 is 0 Å². The largest absolute Gasteiger partial charge is 0.379 e. The predicted molar refractivity (Wildman–Crippen MR) is 70.3 cm³/mol. The van der Waals surface area contributed by atoms with Gasteiger partial charge in [-0.25, -0.2) is 0 Å². The SMILES string of the molecule is Clc1ccc(CN2CCOCC2)c(Cl)c1Br. The number of ether oxygens (including phenoxy) is 1. The maximum Gasteiger partial charge on any atom is 0.0608 e. The van der Waals surface area contributed by atoms with Crippen molar-refractivity contribution in [3.63, 3.8) is 0 Å². The summed E-state index contributed by atoms with van der Waals surface area (Å²) in [6, 6.07) is 3.85. The molecule has 0 atom stereocenters. The Hall–Kier alpha value is 0.200. The Morgan fingerprint density at radius 2 is 1.94 bits per heavy atom. The topological polar surface area (TPSA) is 12.5 Å². The van der Waals surface area contributed by atoms with Gasteiger partial charge in [-0.1, -0.05) is 29.3 Å². The zero-order valence-electron chi connectivity index (χ0n) is 8.68. The minimum atomic E-state index is 0.649. The Kier molecular flexibility index (Phi) is 4.50. The van der Waals surface area contributed by atoms with Crippen LogP contribution in [0.15, 0.2) is 16.6 Å². The highest BCUT2D eigenvalue weighted by molar-refractivity contribution is 9.10. The van der Waals surface area contributed by atoms with Gasteiger partial charge in [-0.3, -0.25) is 4.90 Å². The summed E-state index contributed by atoms with van der Waals surface area (Å²) >= 11 is 15.6. The van der Waals surface area contributed by atoms with Gasteiger partial charge in [0.15, 0.2) is 0 Å². The Morgan fingerprint density at radius 3 is 2.62 bits per heavy atom. The number of nitrogens with zero attached hydrogens (tertiary/aromatic N) is 1. The molecule has 1 heterocycles. The van der Waals surface area contributed by atoms with Crippen molar-refractivity contribution in [2.45, 2.75) is 6.54 Å². The zero-order chi connectivity index (χ0) is 11.5. The molecule has 16 heavy (non-hydrogen) atoms. The van der Waals surface area contributed by atoms with Crippen LogP contribution in [0.4, 0.5) is 0 Å². The van der Waals surface area contributed by atoms with Crippen molar-refractivity contribution in [2.24, 2.45) is 0 Å². The number of halogens is 3. The summed E-state index contributed by atoms with van der Waals surface area (Å²) in [6.45, 7) is 4.35. The number of benzene rings is 1. The molecule has 0 bridgehead atoms. The van der Waals surface area contributed by atoms with Gasteiger partial charge in [0, 0.05) is 19.6 Å². The third-order valence-corrected chi connectivity index (χ3v) is 4.64. The molecule has 1 aromatic rings. The molecule has 5 heteroatoms. The highest BCUT2D eigenvalue weighted by Gasteiger charge is 2.14. The second-order valence-electron chi connectivity index (χ2n) is 3.72. The van der Waals surface area contributed by atoms with Crippen molar-refractivity contribution in [2.75, 3.05) is 26.3 Å². The second kappa shape index (κ2) is 5.69. The van der Waals surface area contributed by atoms with E-state index in [-0.39, 0.29) is 0 Å². The van der Waals surface area contributed by atoms with Crippen LogP contribution in [0.2, 0.25) is 10.0 Å². The molecule has 1 aromatic carbocycles. The Balaban J connectivity index is 2.11. The lowest BCUT2D eigenvalue weighted by Gasteiger charge is -2.27. The lowest BCUT2D eigenvalue weighted by Crippen LogP contribution is -2.35. The fourth-order valence-electron chi connectivity index (χ4n) is 1.69. The average molecular weight is 325 g/mol. The van der Waals surface area contributed by atoms with E-state index in [1.807, 2.05) is 12.1 Å². The zero-order valence-corrected chi connectivity index (χ0v) is 11.8. The van der Waals surface area contributed by atoms with Crippen molar-refractivity contribution in [3.05, 3.63) is 32.2 Å². The van der Waals surface area contributed by atoms with Crippen LogP contribution in [0.25, 0.3) is 0 Å². The molecule has 1 saturated heterocycles. The Labute approximate surface area is 114 Å². The van der Waals surface area contributed by atoms with E-state index < -0.39 is 0 Å². The lowest BCUT2D eigenvalue weighted by atomic mass is 10.2. The summed E-state index contributed by atoms with van der Waals surface area (Å²) < 4.78 is 6.08. The van der Waals surface area contributed by atoms with Gasteiger partial charge < -0.3 is 4.74 Å². The summed E-state index contributed by atoms with van der Waals surface area (Å²) in [4.78, 5) is 2.32. The molecule has 0 saturated carbocycles. The highest BCUT2D eigenvalue weighted by Crippen LogP contribution is 2.33. The van der Waals surface area contributed by atoms with Crippen molar-refractivity contribution in [3.8, 4) is 0 Å². The van der Waals surface area contributed by atoms with Crippen molar-refractivity contribution >= 4 is 39.1 Å². The third-order valence-electron chi connectivity index (χ3n) is 2.61. The minimum absolute atomic E-state index is 0.649. The van der Waals surface area contributed by atoms with E-state index in [0.29, 0.717) is 10.0 Å². The molecule has 0 amide bonds. The molecular formula is C11H12BrCl2NO. The normalized spacial score (nSPS) is 17.7. The Morgan fingerprint density at radius 1 is 1.25 bits per heavy atom. The number of hydrogen-bond acceptors (Lipinski definition) is 2. The van der Waals surface area contributed by atoms with Crippen LogP contribution >= 0.6 is 39.1 Å². The van der Waals surface area contributed by atoms with Crippen LogP contribution < -0.4 is 0 Å². The van der Waals surface area contributed by atoms with E-state index in [9.17, 15) is 0 Å². The van der Waals surface area contributed by atoms with E-state index in [2.05, 4.69) is 20.8 Å². The van der Waals surface area contributed by atoms with Crippen molar-refractivity contribution < 1.29 is 4.74 Å². The van der Waals surface area contributed by atoms with Crippen LogP contribution in [-0.4, -0.2) is 31.2 Å². The van der Waals surface area contributed by atoms with Crippen LogP contribution in [0.5, 0.6) is 0 Å². The van der Waals surface area contributed by atoms with E-state index in [1.54, 1.807) is 0 Å².